The Balaban J connectivity index is 0.00000272. The SMILES string of the molecule is COC(=O)c1cc2onc(NS(=O)(=O)c3ccc(OC)c4cccnc34)c2cc1C.Cl. The molecule has 0 saturated heterocycles. The largest absolute Gasteiger partial charge is 0.496 e. The molecule has 4 rings (SSSR count). The summed E-state index contributed by atoms with van der Waals surface area (Å²) in [6.45, 7) is 1.71. The summed E-state index contributed by atoms with van der Waals surface area (Å²) in [6.07, 6.45) is 1.50. The summed E-state index contributed by atoms with van der Waals surface area (Å²) in [6, 6.07) is 9.47. The highest BCUT2D eigenvalue weighted by Gasteiger charge is 2.24. The van der Waals surface area contributed by atoms with Gasteiger partial charge >= 0.3 is 5.97 Å². The molecule has 0 unspecified atom stereocenters. The first-order chi connectivity index (χ1) is 14.4. The van der Waals surface area contributed by atoms with Gasteiger partial charge in [-0.2, -0.15) is 0 Å². The lowest BCUT2D eigenvalue weighted by molar-refractivity contribution is 0.0600. The average molecular weight is 464 g/mol. The van der Waals surface area contributed by atoms with E-state index in [4.69, 9.17) is 14.0 Å². The summed E-state index contributed by atoms with van der Waals surface area (Å²) < 4.78 is 43.9. The summed E-state index contributed by atoms with van der Waals surface area (Å²) in [7, 11) is -1.27. The van der Waals surface area contributed by atoms with Gasteiger partial charge in [-0.05, 0) is 48.9 Å². The van der Waals surface area contributed by atoms with Gasteiger partial charge in [0.2, 0.25) is 0 Å². The van der Waals surface area contributed by atoms with Gasteiger partial charge in [-0.15, -0.1) is 12.4 Å². The fraction of sp³-hybridized carbons (Fsp3) is 0.150. The van der Waals surface area contributed by atoms with Crippen molar-refractivity contribution in [1.29, 1.82) is 0 Å². The number of sulfonamides is 1. The van der Waals surface area contributed by atoms with E-state index < -0.39 is 16.0 Å². The summed E-state index contributed by atoms with van der Waals surface area (Å²) in [5.74, 6) is -0.0111. The number of aromatic nitrogens is 2. The number of aryl methyl sites for hydroxylation is 1. The van der Waals surface area contributed by atoms with Crippen molar-refractivity contribution < 1.29 is 27.2 Å². The Morgan fingerprint density at radius 2 is 1.90 bits per heavy atom. The molecule has 2 aromatic carbocycles. The maximum atomic E-state index is 13.1. The van der Waals surface area contributed by atoms with Gasteiger partial charge in [0.15, 0.2) is 11.4 Å². The first-order valence-corrected chi connectivity index (χ1v) is 10.3. The smallest absolute Gasteiger partial charge is 0.338 e. The number of halogens is 1. The lowest BCUT2D eigenvalue weighted by atomic mass is 10.1. The molecule has 0 fully saturated rings. The number of pyridine rings is 1. The van der Waals surface area contributed by atoms with Crippen molar-refractivity contribution in [3.63, 3.8) is 0 Å². The number of nitrogens with one attached hydrogen (secondary N) is 1. The van der Waals surface area contributed by atoms with Crippen molar-refractivity contribution >= 4 is 56.1 Å². The lowest BCUT2D eigenvalue weighted by Gasteiger charge is -2.11. The van der Waals surface area contributed by atoms with Crippen molar-refractivity contribution in [3.05, 3.63) is 53.7 Å². The summed E-state index contributed by atoms with van der Waals surface area (Å²) in [5, 5.41) is 4.80. The number of benzene rings is 2. The van der Waals surface area contributed by atoms with E-state index >= 15 is 0 Å². The summed E-state index contributed by atoms with van der Waals surface area (Å²) >= 11 is 0. The molecule has 0 atom stereocenters. The zero-order valence-corrected chi connectivity index (χ0v) is 18.3. The number of rotatable bonds is 5. The highest BCUT2D eigenvalue weighted by molar-refractivity contribution is 7.93. The number of ether oxygens (including phenoxy) is 2. The van der Waals surface area contributed by atoms with Crippen molar-refractivity contribution in [2.24, 2.45) is 0 Å². The minimum atomic E-state index is -4.05. The highest BCUT2D eigenvalue weighted by Crippen LogP contribution is 2.32. The van der Waals surface area contributed by atoms with Gasteiger partial charge in [0.1, 0.15) is 10.6 Å². The van der Waals surface area contributed by atoms with Crippen molar-refractivity contribution in [1.82, 2.24) is 10.1 Å². The molecule has 0 bridgehead atoms. The first kappa shape index (κ1) is 22.3. The quantitative estimate of drug-likeness (QED) is 0.445. The summed E-state index contributed by atoms with van der Waals surface area (Å²) in [4.78, 5) is 16.0. The number of fused-ring (bicyclic) bond motifs is 2. The zero-order valence-electron chi connectivity index (χ0n) is 16.7. The minimum absolute atomic E-state index is 0. The fourth-order valence-corrected chi connectivity index (χ4v) is 4.37. The van der Waals surface area contributed by atoms with Crippen molar-refractivity contribution in [2.45, 2.75) is 11.8 Å². The Labute approximate surface area is 183 Å². The third-order valence-electron chi connectivity index (χ3n) is 4.66. The Bertz CT molecular complexity index is 1400. The van der Waals surface area contributed by atoms with Crippen molar-refractivity contribution in [2.75, 3.05) is 18.9 Å². The van der Waals surface area contributed by atoms with E-state index in [-0.39, 0.29) is 34.2 Å². The molecule has 31 heavy (non-hydrogen) atoms. The molecule has 2 aromatic heterocycles. The normalized spacial score (nSPS) is 11.2. The van der Waals surface area contributed by atoms with E-state index in [1.54, 1.807) is 31.2 Å². The van der Waals surface area contributed by atoms with E-state index in [2.05, 4.69) is 14.9 Å². The van der Waals surface area contributed by atoms with Gasteiger partial charge in [-0.3, -0.25) is 9.71 Å². The van der Waals surface area contributed by atoms with Crippen LogP contribution in [0.4, 0.5) is 5.82 Å². The van der Waals surface area contributed by atoms with E-state index in [1.165, 1.54) is 32.5 Å². The molecular weight excluding hydrogens is 446 g/mol. The number of methoxy groups -OCH3 is 2. The van der Waals surface area contributed by atoms with Crippen LogP contribution < -0.4 is 9.46 Å². The average Bonchev–Trinajstić information content (AvgIpc) is 3.12. The predicted octanol–water partition coefficient (Wildman–Crippen LogP) is 3.70. The van der Waals surface area contributed by atoms with Crippen LogP contribution in [0.1, 0.15) is 15.9 Å². The second-order valence-electron chi connectivity index (χ2n) is 6.46. The molecule has 162 valence electrons. The molecule has 1 N–H and O–H groups in total. The fourth-order valence-electron chi connectivity index (χ4n) is 3.19. The number of nitrogens with zero attached hydrogens (tertiary/aromatic N) is 2. The molecule has 0 spiro atoms. The second kappa shape index (κ2) is 8.40. The van der Waals surface area contributed by atoms with Crippen LogP contribution in [-0.2, 0) is 14.8 Å². The van der Waals surface area contributed by atoms with Crippen LogP contribution in [0.5, 0.6) is 5.75 Å². The van der Waals surface area contributed by atoms with Crippen LogP contribution in [0.15, 0.2) is 52.0 Å². The maximum absolute atomic E-state index is 13.1. The van der Waals surface area contributed by atoms with Gasteiger partial charge in [0.25, 0.3) is 10.0 Å². The minimum Gasteiger partial charge on any atom is -0.496 e. The lowest BCUT2D eigenvalue weighted by Crippen LogP contribution is -2.14. The standard InChI is InChI=1S/C20H17N3O6S.ClH/c1-11-9-14-16(10-13(11)20(24)28-3)29-22-19(14)23-30(25,26)17-7-6-15(27-2)12-5-4-8-21-18(12)17;/h4-10H,1-3H3,(H,22,23);1H. The molecule has 2 heterocycles. The topological polar surface area (TPSA) is 121 Å². The number of hydrogen-bond acceptors (Lipinski definition) is 8. The second-order valence-corrected chi connectivity index (χ2v) is 8.11. The van der Waals surface area contributed by atoms with Crippen LogP contribution in [0.25, 0.3) is 21.9 Å². The molecule has 0 saturated carbocycles. The Morgan fingerprint density at radius 1 is 1.13 bits per heavy atom. The van der Waals surface area contributed by atoms with Gasteiger partial charge in [0.05, 0.1) is 30.7 Å². The number of anilines is 1. The van der Waals surface area contributed by atoms with Crippen LogP contribution in [-0.4, -0.2) is 38.7 Å². The Hall–Kier alpha value is -3.37. The number of carbonyl (C=O) groups is 1. The van der Waals surface area contributed by atoms with E-state index in [1.807, 2.05) is 0 Å². The monoisotopic (exact) mass is 463 g/mol. The molecule has 0 aliphatic rings. The predicted molar refractivity (Wildman–Crippen MR) is 116 cm³/mol. The van der Waals surface area contributed by atoms with Crippen LogP contribution >= 0.6 is 12.4 Å². The first-order valence-electron chi connectivity index (χ1n) is 8.78. The molecule has 0 radical (unpaired) electrons. The highest BCUT2D eigenvalue weighted by atomic mass is 35.5. The van der Waals surface area contributed by atoms with Gasteiger partial charge < -0.3 is 14.0 Å². The van der Waals surface area contributed by atoms with E-state index in [9.17, 15) is 13.2 Å². The van der Waals surface area contributed by atoms with E-state index in [0.29, 0.717) is 27.6 Å². The number of hydrogen-bond donors (Lipinski definition) is 1. The molecule has 0 aliphatic heterocycles. The molecule has 4 aromatic rings. The van der Waals surface area contributed by atoms with Gasteiger partial charge in [-0.1, -0.05) is 5.16 Å². The van der Waals surface area contributed by atoms with E-state index in [0.717, 1.165) is 0 Å². The molecule has 11 heteroatoms. The molecule has 0 aliphatic carbocycles. The maximum Gasteiger partial charge on any atom is 0.338 e. The van der Waals surface area contributed by atoms with Gasteiger partial charge in [-0.25, -0.2) is 13.2 Å². The van der Waals surface area contributed by atoms with Crippen molar-refractivity contribution in [3.8, 4) is 5.75 Å². The molecule has 0 amide bonds. The number of carbonyl (C=O) groups excluding carboxylic acids is 1. The van der Waals surface area contributed by atoms with Crippen LogP contribution in [0.3, 0.4) is 0 Å². The zero-order chi connectivity index (χ0) is 21.5. The van der Waals surface area contributed by atoms with Crippen LogP contribution in [0, 0.1) is 6.92 Å². The Kier molecular flexibility index (Phi) is 6.05. The third-order valence-corrected chi connectivity index (χ3v) is 6.03. The molecular formula is C20H18ClN3O6S. The molecule has 9 nitrogen and oxygen atoms in total. The number of esters is 1. The van der Waals surface area contributed by atoms with Crippen LogP contribution in [0.2, 0.25) is 0 Å². The summed E-state index contributed by atoms with van der Waals surface area (Å²) in [5.41, 5.74) is 1.41. The van der Waals surface area contributed by atoms with Gasteiger partial charge in [0, 0.05) is 11.6 Å². The third kappa shape index (κ3) is 3.87. The Morgan fingerprint density at radius 3 is 2.61 bits per heavy atom.